The molecule has 1 heterocycles. The second-order valence-corrected chi connectivity index (χ2v) is 8.04. The number of rotatable bonds is 4. The quantitative estimate of drug-likeness (QED) is 0.899. The summed E-state index contributed by atoms with van der Waals surface area (Å²) in [6.45, 7) is 7.61. The van der Waals surface area contributed by atoms with E-state index in [0.29, 0.717) is 15.7 Å². The maximum atomic E-state index is 13.4. The molecule has 1 aromatic rings. The summed E-state index contributed by atoms with van der Waals surface area (Å²) in [5.41, 5.74) is 1.07. The van der Waals surface area contributed by atoms with Crippen molar-refractivity contribution < 1.29 is 4.39 Å². The van der Waals surface area contributed by atoms with E-state index in [4.69, 9.17) is 0 Å². The first-order valence-corrected chi connectivity index (χ1v) is 8.87. The van der Waals surface area contributed by atoms with Gasteiger partial charge < -0.3 is 5.32 Å². The number of nitrogens with one attached hydrogen (secondary N) is 1. The molecule has 0 aromatic heterocycles. The SMILES string of the molecule is CCNC(c1cccc(F)c1)C1CSC(C)C(C)S1. The topological polar surface area (TPSA) is 12.0 Å². The standard InChI is InChI=1S/C15H22FNS2/c1-4-17-15(12-6-5-7-13(16)8-12)14-9-18-10(2)11(3)19-14/h5-8,10-11,14-15,17H,4,9H2,1-3H3. The highest BCUT2D eigenvalue weighted by atomic mass is 32.2. The molecule has 0 aliphatic carbocycles. The number of halogens is 1. The van der Waals surface area contributed by atoms with Crippen molar-refractivity contribution in [1.82, 2.24) is 5.32 Å². The fourth-order valence-corrected chi connectivity index (χ4v) is 5.48. The summed E-state index contributed by atoms with van der Waals surface area (Å²) in [5, 5.41) is 5.40. The number of thioether (sulfide) groups is 2. The predicted molar refractivity (Wildman–Crippen MR) is 85.6 cm³/mol. The van der Waals surface area contributed by atoms with Gasteiger partial charge in [-0.25, -0.2) is 4.39 Å². The Morgan fingerprint density at radius 1 is 1.37 bits per heavy atom. The second-order valence-electron chi connectivity index (χ2n) is 5.01. The van der Waals surface area contributed by atoms with Gasteiger partial charge in [-0.1, -0.05) is 32.9 Å². The van der Waals surface area contributed by atoms with Crippen LogP contribution in [0.5, 0.6) is 0 Å². The van der Waals surface area contributed by atoms with Crippen LogP contribution in [0.2, 0.25) is 0 Å². The molecular formula is C15H22FNS2. The van der Waals surface area contributed by atoms with Crippen LogP contribution in [0.3, 0.4) is 0 Å². The van der Waals surface area contributed by atoms with Crippen molar-refractivity contribution in [1.29, 1.82) is 0 Å². The third-order valence-corrected chi connectivity index (χ3v) is 7.07. The molecule has 1 nitrogen and oxygen atoms in total. The fraction of sp³-hybridized carbons (Fsp3) is 0.600. The first-order chi connectivity index (χ1) is 9.11. The van der Waals surface area contributed by atoms with Crippen LogP contribution in [0.4, 0.5) is 4.39 Å². The van der Waals surface area contributed by atoms with Crippen molar-refractivity contribution in [2.75, 3.05) is 12.3 Å². The Morgan fingerprint density at radius 3 is 2.79 bits per heavy atom. The van der Waals surface area contributed by atoms with Crippen molar-refractivity contribution in [2.45, 2.75) is 42.6 Å². The predicted octanol–water partition coefficient (Wildman–Crippen LogP) is 4.10. The molecule has 4 atom stereocenters. The largest absolute Gasteiger partial charge is 0.309 e. The highest BCUT2D eigenvalue weighted by molar-refractivity contribution is 8.07. The van der Waals surface area contributed by atoms with Crippen molar-refractivity contribution in [2.24, 2.45) is 0 Å². The molecular weight excluding hydrogens is 277 g/mol. The Labute approximate surface area is 124 Å². The number of hydrogen-bond donors (Lipinski definition) is 1. The summed E-state index contributed by atoms with van der Waals surface area (Å²) in [6, 6.07) is 7.26. The van der Waals surface area contributed by atoms with Gasteiger partial charge in [0.15, 0.2) is 0 Å². The lowest BCUT2D eigenvalue weighted by Gasteiger charge is -2.36. The Balaban J connectivity index is 2.16. The molecule has 0 saturated carbocycles. The molecule has 1 aliphatic heterocycles. The molecule has 1 fully saturated rings. The van der Waals surface area contributed by atoms with E-state index in [0.717, 1.165) is 17.9 Å². The van der Waals surface area contributed by atoms with Gasteiger partial charge in [0.1, 0.15) is 5.82 Å². The zero-order valence-electron chi connectivity index (χ0n) is 11.7. The zero-order chi connectivity index (χ0) is 13.8. The minimum Gasteiger partial charge on any atom is -0.309 e. The van der Waals surface area contributed by atoms with Gasteiger partial charge in [-0.05, 0) is 24.2 Å². The van der Waals surface area contributed by atoms with Gasteiger partial charge in [-0.2, -0.15) is 23.5 Å². The van der Waals surface area contributed by atoms with Gasteiger partial charge >= 0.3 is 0 Å². The molecule has 4 heteroatoms. The smallest absolute Gasteiger partial charge is 0.123 e. The molecule has 0 spiro atoms. The van der Waals surface area contributed by atoms with E-state index in [1.54, 1.807) is 6.07 Å². The number of hydrogen-bond acceptors (Lipinski definition) is 3. The first-order valence-electron chi connectivity index (χ1n) is 6.87. The summed E-state index contributed by atoms with van der Waals surface area (Å²) in [6.07, 6.45) is 0. The minimum absolute atomic E-state index is 0.143. The van der Waals surface area contributed by atoms with Gasteiger partial charge in [-0.15, -0.1) is 0 Å². The third-order valence-electron chi connectivity index (χ3n) is 3.58. The van der Waals surface area contributed by atoms with Crippen molar-refractivity contribution in [3.63, 3.8) is 0 Å². The Kier molecular flexibility index (Phi) is 5.60. The van der Waals surface area contributed by atoms with Crippen LogP contribution >= 0.6 is 23.5 Å². The summed E-state index contributed by atoms with van der Waals surface area (Å²) in [7, 11) is 0. The lowest BCUT2D eigenvalue weighted by Crippen LogP contribution is -2.37. The molecule has 106 valence electrons. The minimum atomic E-state index is -0.143. The summed E-state index contributed by atoms with van der Waals surface area (Å²) < 4.78 is 13.4. The zero-order valence-corrected chi connectivity index (χ0v) is 13.4. The van der Waals surface area contributed by atoms with Gasteiger partial charge in [0.25, 0.3) is 0 Å². The lowest BCUT2D eigenvalue weighted by atomic mass is 10.0. The van der Waals surface area contributed by atoms with Crippen LogP contribution in [0.1, 0.15) is 32.4 Å². The third kappa shape index (κ3) is 3.89. The maximum Gasteiger partial charge on any atom is 0.123 e. The summed E-state index contributed by atoms with van der Waals surface area (Å²) >= 11 is 4.07. The molecule has 0 radical (unpaired) electrons. The van der Waals surface area contributed by atoms with Crippen LogP contribution in [0.15, 0.2) is 24.3 Å². The molecule has 19 heavy (non-hydrogen) atoms. The number of benzene rings is 1. The molecule has 1 aliphatic rings. The van der Waals surface area contributed by atoms with Crippen LogP contribution in [0, 0.1) is 5.82 Å². The molecule has 2 rings (SSSR count). The van der Waals surface area contributed by atoms with Crippen LogP contribution in [-0.4, -0.2) is 28.0 Å². The Morgan fingerprint density at radius 2 is 2.16 bits per heavy atom. The molecule has 1 aromatic carbocycles. The van der Waals surface area contributed by atoms with Gasteiger partial charge in [0, 0.05) is 27.5 Å². The van der Waals surface area contributed by atoms with E-state index in [-0.39, 0.29) is 11.9 Å². The van der Waals surface area contributed by atoms with Crippen LogP contribution < -0.4 is 5.32 Å². The normalized spacial score (nSPS) is 29.2. The molecule has 1 saturated heterocycles. The van der Waals surface area contributed by atoms with E-state index in [9.17, 15) is 4.39 Å². The Bertz CT molecular complexity index is 413. The van der Waals surface area contributed by atoms with Crippen molar-refractivity contribution in [3.8, 4) is 0 Å². The second kappa shape index (κ2) is 7.00. The summed E-state index contributed by atoms with van der Waals surface area (Å²) in [4.78, 5) is 0. The van der Waals surface area contributed by atoms with E-state index < -0.39 is 0 Å². The van der Waals surface area contributed by atoms with Gasteiger partial charge in [-0.3, -0.25) is 0 Å². The lowest BCUT2D eigenvalue weighted by molar-refractivity contribution is 0.541. The first kappa shape index (κ1) is 15.2. The van der Waals surface area contributed by atoms with Crippen LogP contribution in [0.25, 0.3) is 0 Å². The van der Waals surface area contributed by atoms with E-state index >= 15 is 0 Å². The highest BCUT2D eigenvalue weighted by Crippen LogP contribution is 2.41. The van der Waals surface area contributed by atoms with E-state index in [2.05, 4.69) is 26.1 Å². The van der Waals surface area contributed by atoms with E-state index in [1.165, 1.54) is 6.07 Å². The molecule has 4 unspecified atom stereocenters. The van der Waals surface area contributed by atoms with E-state index in [1.807, 2.05) is 35.7 Å². The maximum absolute atomic E-state index is 13.4. The molecule has 0 bridgehead atoms. The monoisotopic (exact) mass is 299 g/mol. The average Bonchev–Trinajstić information content (AvgIpc) is 2.39. The molecule has 0 amide bonds. The molecule has 1 N–H and O–H groups in total. The van der Waals surface area contributed by atoms with Crippen molar-refractivity contribution in [3.05, 3.63) is 35.6 Å². The van der Waals surface area contributed by atoms with Crippen LogP contribution in [-0.2, 0) is 0 Å². The highest BCUT2D eigenvalue weighted by Gasteiger charge is 2.31. The van der Waals surface area contributed by atoms with Gasteiger partial charge in [0.05, 0.1) is 0 Å². The fourth-order valence-electron chi connectivity index (χ4n) is 2.37. The average molecular weight is 299 g/mol. The van der Waals surface area contributed by atoms with Gasteiger partial charge in [0.2, 0.25) is 0 Å². The summed E-state index contributed by atoms with van der Waals surface area (Å²) in [5.74, 6) is 0.986. The van der Waals surface area contributed by atoms with Crippen molar-refractivity contribution >= 4 is 23.5 Å². The Hall–Kier alpha value is -0.190.